The summed E-state index contributed by atoms with van der Waals surface area (Å²) in [5.74, 6) is -0.299. The van der Waals surface area contributed by atoms with E-state index in [0.29, 0.717) is 0 Å². The van der Waals surface area contributed by atoms with Crippen LogP contribution in [0.5, 0.6) is 0 Å². The van der Waals surface area contributed by atoms with Crippen LogP contribution in [0.25, 0.3) is 0 Å². The van der Waals surface area contributed by atoms with Crippen LogP contribution in [0.15, 0.2) is 23.8 Å². The highest BCUT2D eigenvalue weighted by atomic mass is 16.7. The predicted molar refractivity (Wildman–Crippen MR) is 92.0 cm³/mol. The third-order valence-electron chi connectivity index (χ3n) is 4.90. The van der Waals surface area contributed by atoms with Crippen molar-refractivity contribution in [3.63, 3.8) is 0 Å². The van der Waals surface area contributed by atoms with E-state index in [9.17, 15) is 4.79 Å². The molecule has 1 heterocycles. The second-order valence-electron chi connectivity index (χ2n) is 6.86. The molecule has 23 heavy (non-hydrogen) atoms. The molecule has 4 nitrogen and oxygen atoms in total. The van der Waals surface area contributed by atoms with Crippen molar-refractivity contribution in [2.24, 2.45) is 5.41 Å². The lowest BCUT2D eigenvalue weighted by Crippen LogP contribution is -2.57. The van der Waals surface area contributed by atoms with E-state index in [2.05, 4.69) is 41.2 Å². The smallest absolute Gasteiger partial charge is 0.303 e. The zero-order chi connectivity index (χ0) is 17.8. The van der Waals surface area contributed by atoms with Gasteiger partial charge in [-0.1, -0.05) is 39.8 Å². The van der Waals surface area contributed by atoms with Gasteiger partial charge in [-0.15, -0.1) is 0 Å². The first-order chi connectivity index (χ1) is 10.7. The Hall–Kier alpha value is -1.13. The van der Waals surface area contributed by atoms with Gasteiger partial charge >= 0.3 is 5.97 Å². The summed E-state index contributed by atoms with van der Waals surface area (Å²) in [5.41, 5.74) is 1.98. The second kappa shape index (κ2) is 8.11. The summed E-state index contributed by atoms with van der Waals surface area (Å²) in [4.78, 5) is 11.7. The molecule has 0 N–H and O–H groups in total. The van der Waals surface area contributed by atoms with E-state index in [0.717, 1.165) is 18.4 Å². The Morgan fingerprint density at radius 1 is 1.26 bits per heavy atom. The zero-order valence-corrected chi connectivity index (χ0v) is 15.6. The van der Waals surface area contributed by atoms with Crippen molar-refractivity contribution in [2.75, 3.05) is 0 Å². The molecule has 0 aromatic heterocycles. The van der Waals surface area contributed by atoms with Crippen LogP contribution >= 0.6 is 0 Å². The van der Waals surface area contributed by atoms with E-state index in [-0.39, 0.29) is 23.6 Å². The molecular weight excluding hydrogens is 292 g/mol. The molecule has 4 heteroatoms. The van der Waals surface area contributed by atoms with E-state index in [1.807, 2.05) is 6.92 Å². The molecule has 0 spiro atoms. The Kier molecular flexibility index (Phi) is 7.02. The van der Waals surface area contributed by atoms with Gasteiger partial charge in [-0.3, -0.25) is 4.79 Å². The van der Waals surface area contributed by atoms with Gasteiger partial charge in [-0.25, -0.2) is 0 Å². The van der Waals surface area contributed by atoms with Crippen LogP contribution in [0.3, 0.4) is 0 Å². The van der Waals surface area contributed by atoms with Crippen molar-refractivity contribution in [3.8, 4) is 0 Å². The third-order valence-corrected chi connectivity index (χ3v) is 4.90. The van der Waals surface area contributed by atoms with Crippen LogP contribution < -0.4 is 0 Å². The normalized spacial score (nSPS) is 29.4. The topological polar surface area (TPSA) is 44.8 Å². The fraction of sp³-hybridized carbons (Fsp3) is 0.737. The summed E-state index contributed by atoms with van der Waals surface area (Å²) >= 11 is 0. The van der Waals surface area contributed by atoms with E-state index in [4.69, 9.17) is 14.2 Å². The number of hydrogen-bond acceptors (Lipinski definition) is 4. The Labute approximate surface area is 140 Å². The van der Waals surface area contributed by atoms with E-state index < -0.39 is 12.4 Å². The third kappa shape index (κ3) is 4.45. The SMILES string of the molecule is C=CC1OC(CC)C(C)(C)[C@H]([C@@H](OC(C)=O)/C(C)=C(\C)CC)O1. The molecule has 0 saturated carbocycles. The van der Waals surface area contributed by atoms with Crippen LogP contribution in [0, 0.1) is 5.41 Å². The largest absolute Gasteiger partial charge is 0.455 e. The van der Waals surface area contributed by atoms with Crippen molar-refractivity contribution >= 4 is 5.97 Å². The van der Waals surface area contributed by atoms with Gasteiger partial charge in [0.25, 0.3) is 0 Å². The number of rotatable bonds is 6. The van der Waals surface area contributed by atoms with Crippen LogP contribution in [0.2, 0.25) is 0 Å². The van der Waals surface area contributed by atoms with Crippen LogP contribution in [-0.4, -0.2) is 30.6 Å². The molecule has 1 aliphatic rings. The summed E-state index contributed by atoms with van der Waals surface area (Å²) < 4.78 is 17.7. The molecule has 2 unspecified atom stereocenters. The molecule has 1 rings (SSSR count). The highest BCUT2D eigenvalue weighted by molar-refractivity contribution is 5.66. The summed E-state index contributed by atoms with van der Waals surface area (Å²) in [6.07, 6.45) is 2.26. The number of esters is 1. The lowest BCUT2D eigenvalue weighted by Gasteiger charge is -2.49. The molecule has 0 aromatic carbocycles. The molecule has 1 fully saturated rings. The quantitative estimate of drug-likeness (QED) is 0.537. The van der Waals surface area contributed by atoms with Crippen LogP contribution in [-0.2, 0) is 19.0 Å². The first-order valence-electron chi connectivity index (χ1n) is 8.45. The molecule has 1 saturated heterocycles. The van der Waals surface area contributed by atoms with Gasteiger partial charge in [0.15, 0.2) is 6.29 Å². The molecule has 0 aliphatic carbocycles. The summed E-state index contributed by atoms with van der Waals surface area (Å²) in [7, 11) is 0. The minimum Gasteiger partial charge on any atom is -0.455 e. The maximum absolute atomic E-state index is 11.7. The lowest BCUT2D eigenvalue weighted by atomic mass is 9.74. The number of carbonyl (C=O) groups is 1. The zero-order valence-electron chi connectivity index (χ0n) is 15.6. The first-order valence-corrected chi connectivity index (χ1v) is 8.45. The molecule has 0 amide bonds. The van der Waals surface area contributed by atoms with Crippen molar-refractivity contribution in [1.82, 2.24) is 0 Å². The fourth-order valence-corrected chi connectivity index (χ4v) is 3.15. The summed E-state index contributed by atoms with van der Waals surface area (Å²) in [6.45, 7) is 17.7. The predicted octanol–water partition coefficient (Wildman–Crippen LogP) is 4.40. The molecule has 4 atom stereocenters. The van der Waals surface area contributed by atoms with Gasteiger partial charge in [-0.2, -0.15) is 0 Å². The Bertz CT molecular complexity index is 464. The van der Waals surface area contributed by atoms with Gasteiger partial charge in [0.05, 0.1) is 6.10 Å². The Morgan fingerprint density at radius 3 is 2.30 bits per heavy atom. The molecule has 0 bridgehead atoms. The number of allylic oxidation sites excluding steroid dienone is 1. The molecule has 0 radical (unpaired) electrons. The van der Waals surface area contributed by atoms with Gasteiger partial charge in [0, 0.05) is 12.3 Å². The summed E-state index contributed by atoms with van der Waals surface area (Å²) in [6, 6.07) is 0. The molecule has 132 valence electrons. The van der Waals surface area contributed by atoms with Gasteiger partial charge in [0.2, 0.25) is 0 Å². The van der Waals surface area contributed by atoms with Crippen molar-refractivity contribution in [3.05, 3.63) is 23.8 Å². The van der Waals surface area contributed by atoms with E-state index >= 15 is 0 Å². The van der Waals surface area contributed by atoms with Gasteiger partial charge < -0.3 is 14.2 Å². The van der Waals surface area contributed by atoms with Crippen molar-refractivity contribution in [1.29, 1.82) is 0 Å². The number of carbonyl (C=O) groups excluding carboxylic acids is 1. The van der Waals surface area contributed by atoms with Crippen LogP contribution in [0.4, 0.5) is 0 Å². The molecule has 1 aliphatic heterocycles. The minimum atomic E-state index is -0.481. The summed E-state index contributed by atoms with van der Waals surface area (Å²) in [5, 5.41) is 0. The fourth-order valence-electron chi connectivity index (χ4n) is 3.15. The van der Waals surface area contributed by atoms with Gasteiger partial charge in [0.1, 0.15) is 12.2 Å². The van der Waals surface area contributed by atoms with Crippen molar-refractivity contribution in [2.45, 2.75) is 85.9 Å². The monoisotopic (exact) mass is 324 g/mol. The van der Waals surface area contributed by atoms with Crippen LogP contribution in [0.1, 0.15) is 61.3 Å². The van der Waals surface area contributed by atoms with Crippen molar-refractivity contribution < 1.29 is 19.0 Å². The lowest BCUT2D eigenvalue weighted by molar-refractivity contribution is -0.291. The highest BCUT2D eigenvalue weighted by Crippen LogP contribution is 2.42. The first kappa shape index (κ1) is 19.9. The average Bonchev–Trinajstić information content (AvgIpc) is 2.50. The van der Waals surface area contributed by atoms with E-state index in [1.165, 1.54) is 12.5 Å². The Balaban J connectivity index is 3.29. The standard InChI is InChI=1S/C19H32O4/c1-9-12(4)13(5)17(21-14(6)20)18-19(7,8)15(10-2)22-16(11-3)23-18/h11,15-18H,3,9-10H2,1-2,4-8H3/b13-12+/t15?,16?,17-,18-/m0/s1. The highest BCUT2D eigenvalue weighted by Gasteiger charge is 2.49. The molecule has 0 aromatic rings. The molecular formula is C19H32O4. The maximum Gasteiger partial charge on any atom is 0.303 e. The van der Waals surface area contributed by atoms with E-state index in [1.54, 1.807) is 6.08 Å². The second-order valence-corrected chi connectivity index (χ2v) is 6.86. The minimum absolute atomic E-state index is 0.0111. The number of hydrogen-bond donors (Lipinski definition) is 0. The number of ether oxygens (including phenoxy) is 3. The van der Waals surface area contributed by atoms with Gasteiger partial charge in [-0.05, 0) is 38.3 Å². The Morgan fingerprint density at radius 2 is 1.87 bits per heavy atom. The average molecular weight is 324 g/mol. The maximum atomic E-state index is 11.7.